The number of aryl methyl sites for hydroxylation is 2. The molecule has 1 rings (SSSR count). The van der Waals surface area contributed by atoms with Crippen molar-refractivity contribution in [2.75, 3.05) is 11.4 Å². The molecular weight excluding hydrogens is 212 g/mol. The lowest BCUT2D eigenvalue weighted by Crippen LogP contribution is -2.33. The molecule has 1 aromatic heterocycles. The Morgan fingerprint density at radius 3 is 2.35 bits per heavy atom. The molecule has 0 amide bonds. The van der Waals surface area contributed by atoms with Crippen LogP contribution in [0, 0.1) is 6.92 Å². The van der Waals surface area contributed by atoms with Crippen molar-refractivity contribution in [3.63, 3.8) is 0 Å². The maximum atomic E-state index is 5.93. The minimum Gasteiger partial charge on any atom is -0.354 e. The van der Waals surface area contributed by atoms with Gasteiger partial charge in [-0.15, -0.1) is 0 Å². The largest absolute Gasteiger partial charge is 0.354 e. The summed E-state index contributed by atoms with van der Waals surface area (Å²) >= 11 is 0. The lowest BCUT2D eigenvalue weighted by molar-refractivity contribution is 0.643. The van der Waals surface area contributed by atoms with Gasteiger partial charge in [0.2, 0.25) is 0 Å². The van der Waals surface area contributed by atoms with Gasteiger partial charge in [0.05, 0.1) is 5.69 Å². The van der Waals surface area contributed by atoms with Gasteiger partial charge in [0.25, 0.3) is 0 Å². The number of rotatable bonds is 5. The van der Waals surface area contributed by atoms with Gasteiger partial charge in [-0.3, -0.25) is 4.68 Å². The van der Waals surface area contributed by atoms with Crippen molar-refractivity contribution >= 4 is 5.82 Å². The molecule has 1 heterocycles. The maximum absolute atomic E-state index is 5.93. The van der Waals surface area contributed by atoms with Crippen molar-refractivity contribution < 1.29 is 0 Å². The number of nitrogens with two attached hydrogens (primary N) is 1. The Labute approximate surface area is 105 Å². The smallest absolute Gasteiger partial charge is 0.130 e. The maximum Gasteiger partial charge on any atom is 0.130 e. The first-order valence-corrected chi connectivity index (χ1v) is 6.43. The summed E-state index contributed by atoms with van der Waals surface area (Å²) in [6.07, 6.45) is 0.887. The van der Waals surface area contributed by atoms with E-state index in [-0.39, 0.29) is 6.04 Å². The van der Waals surface area contributed by atoms with Crippen molar-refractivity contribution in [2.24, 2.45) is 12.8 Å². The Kier molecular flexibility index (Phi) is 4.57. The van der Waals surface area contributed by atoms with E-state index < -0.39 is 0 Å². The van der Waals surface area contributed by atoms with Crippen molar-refractivity contribution in [1.82, 2.24) is 9.78 Å². The Bertz CT molecular complexity index is 366. The second kappa shape index (κ2) is 5.54. The summed E-state index contributed by atoms with van der Waals surface area (Å²) in [5.41, 5.74) is 8.32. The third-order valence-electron chi connectivity index (χ3n) is 3.08. The van der Waals surface area contributed by atoms with E-state index in [0.29, 0.717) is 6.04 Å². The van der Waals surface area contributed by atoms with E-state index in [0.717, 1.165) is 18.7 Å². The number of hydrogen-bond donors (Lipinski definition) is 1. The first-order chi connectivity index (χ1) is 7.88. The van der Waals surface area contributed by atoms with E-state index in [4.69, 9.17) is 5.73 Å². The highest BCUT2D eigenvalue weighted by Crippen LogP contribution is 2.25. The third kappa shape index (κ3) is 3.00. The molecule has 0 bridgehead atoms. The van der Waals surface area contributed by atoms with Gasteiger partial charge in [-0.2, -0.15) is 5.10 Å². The molecule has 0 saturated carbocycles. The molecule has 0 aliphatic carbocycles. The highest BCUT2D eigenvalue weighted by atomic mass is 15.4. The molecule has 0 aromatic carbocycles. The van der Waals surface area contributed by atoms with Gasteiger partial charge >= 0.3 is 0 Å². The number of nitrogens with zero attached hydrogens (tertiary/aromatic N) is 3. The molecular formula is C13H26N4. The van der Waals surface area contributed by atoms with E-state index in [1.807, 2.05) is 18.7 Å². The van der Waals surface area contributed by atoms with E-state index in [2.05, 4.69) is 37.7 Å². The van der Waals surface area contributed by atoms with Crippen LogP contribution in [-0.2, 0) is 13.5 Å². The van der Waals surface area contributed by atoms with Crippen LogP contribution in [0.4, 0.5) is 5.82 Å². The monoisotopic (exact) mass is 238 g/mol. The summed E-state index contributed by atoms with van der Waals surface area (Å²) < 4.78 is 1.98. The molecule has 0 spiro atoms. The summed E-state index contributed by atoms with van der Waals surface area (Å²) in [7, 11) is 2.01. The predicted octanol–water partition coefficient (Wildman–Crippen LogP) is 1.85. The zero-order valence-electron chi connectivity index (χ0n) is 12.0. The van der Waals surface area contributed by atoms with Gasteiger partial charge in [-0.25, -0.2) is 0 Å². The average molecular weight is 238 g/mol. The van der Waals surface area contributed by atoms with Crippen LogP contribution in [0.1, 0.15) is 39.0 Å². The van der Waals surface area contributed by atoms with Crippen LogP contribution in [0.15, 0.2) is 0 Å². The van der Waals surface area contributed by atoms with Gasteiger partial charge in [0.1, 0.15) is 5.82 Å². The zero-order chi connectivity index (χ0) is 13.2. The minimum absolute atomic E-state index is 0.169. The normalized spacial score (nSPS) is 13.2. The van der Waals surface area contributed by atoms with E-state index in [9.17, 15) is 0 Å². The number of anilines is 1. The summed E-state index contributed by atoms with van der Waals surface area (Å²) in [5.74, 6) is 1.22. The van der Waals surface area contributed by atoms with Gasteiger partial charge < -0.3 is 10.6 Å². The molecule has 0 fully saturated rings. The van der Waals surface area contributed by atoms with Crippen LogP contribution in [0.25, 0.3) is 0 Å². The predicted molar refractivity (Wildman–Crippen MR) is 73.5 cm³/mol. The van der Waals surface area contributed by atoms with E-state index in [1.165, 1.54) is 11.4 Å². The van der Waals surface area contributed by atoms with Crippen LogP contribution < -0.4 is 10.6 Å². The Morgan fingerprint density at radius 2 is 1.94 bits per heavy atom. The SMILES string of the molecule is CCN(c1c(CC(C)N)c(C)nn1C)C(C)C. The van der Waals surface area contributed by atoms with E-state index >= 15 is 0 Å². The van der Waals surface area contributed by atoms with Crippen LogP contribution >= 0.6 is 0 Å². The van der Waals surface area contributed by atoms with Crippen LogP contribution in [0.2, 0.25) is 0 Å². The molecule has 0 radical (unpaired) electrons. The summed E-state index contributed by atoms with van der Waals surface area (Å²) in [5, 5.41) is 4.53. The first-order valence-electron chi connectivity index (χ1n) is 6.43. The molecule has 2 N–H and O–H groups in total. The molecule has 4 nitrogen and oxygen atoms in total. The van der Waals surface area contributed by atoms with Crippen LogP contribution in [0.5, 0.6) is 0 Å². The fraction of sp³-hybridized carbons (Fsp3) is 0.769. The summed E-state index contributed by atoms with van der Waals surface area (Å²) in [4.78, 5) is 2.37. The fourth-order valence-corrected chi connectivity index (χ4v) is 2.37. The first kappa shape index (κ1) is 14.0. The molecule has 1 unspecified atom stereocenters. The van der Waals surface area contributed by atoms with Crippen LogP contribution in [-0.4, -0.2) is 28.4 Å². The van der Waals surface area contributed by atoms with Crippen molar-refractivity contribution in [2.45, 2.75) is 53.1 Å². The molecule has 0 aliphatic rings. The molecule has 0 aliphatic heterocycles. The lowest BCUT2D eigenvalue weighted by Gasteiger charge is -2.28. The molecule has 1 atom stereocenters. The summed E-state index contributed by atoms with van der Waals surface area (Å²) in [6, 6.07) is 0.643. The molecule has 4 heteroatoms. The van der Waals surface area contributed by atoms with Gasteiger partial charge in [-0.1, -0.05) is 0 Å². The second-order valence-electron chi connectivity index (χ2n) is 5.07. The highest BCUT2D eigenvalue weighted by molar-refractivity contribution is 5.51. The standard InChI is InChI=1S/C13H26N4/c1-7-17(9(2)3)13-12(8-10(4)14)11(5)15-16(13)6/h9-10H,7-8,14H2,1-6H3. The van der Waals surface area contributed by atoms with Crippen molar-refractivity contribution in [3.05, 3.63) is 11.3 Å². The molecule has 17 heavy (non-hydrogen) atoms. The molecule has 0 saturated heterocycles. The highest BCUT2D eigenvalue weighted by Gasteiger charge is 2.20. The Balaban J connectivity index is 3.20. The quantitative estimate of drug-likeness (QED) is 0.851. The van der Waals surface area contributed by atoms with Crippen LogP contribution in [0.3, 0.4) is 0 Å². The van der Waals surface area contributed by atoms with Gasteiger partial charge in [0, 0.05) is 31.2 Å². The lowest BCUT2D eigenvalue weighted by atomic mass is 10.1. The zero-order valence-corrected chi connectivity index (χ0v) is 12.0. The number of hydrogen-bond acceptors (Lipinski definition) is 3. The van der Waals surface area contributed by atoms with Gasteiger partial charge in [0.15, 0.2) is 0 Å². The van der Waals surface area contributed by atoms with Gasteiger partial charge in [-0.05, 0) is 41.0 Å². The third-order valence-corrected chi connectivity index (χ3v) is 3.08. The topological polar surface area (TPSA) is 47.1 Å². The molecule has 98 valence electrons. The second-order valence-corrected chi connectivity index (χ2v) is 5.07. The Hall–Kier alpha value is -1.03. The Morgan fingerprint density at radius 1 is 1.35 bits per heavy atom. The average Bonchev–Trinajstić information content (AvgIpc) is 2.45. The fourth-order valence-electron chi connectivity index (χ4n) is 2.37. The molecule has 1 aromatic rings. The van der Waals surface area contributed by atoms with Crippen molar-refractivity contribution in [3.8, 4) is 0 Å². The van der Waals surface area contributed by atoms with Crippen molar-refractivity contribution in [1.29, 1.82) is 0 Å². The summed E-state index contributed by atoms with van der Waals surface area (Å²) in [6.45, 7) is 11.7. The number of aromatic nitrogens is 2. The minimum atomic E-state index is 0.169. The van der Waals surface area contributed by atoms with E-state index in [1.54, 1.807) is 0 Å².